The molecular formula is C22H28N2O6S. The first kappa shape index (κ1) is 21.9. The Hall–Kier alpha value is -2.36. The number of amides is 1. The Morgan fingerprint density at radius 3 is 2.55 bits per heavy atom. The number of benzene rings is 1. The molecule has 3 heterocycles. The van der Waals surface area contributed by atoms with Crippen LogP contribution in [0.2, 0.25) is 0 Å². The summed E-state index contributed by atoms with van der Waals surface area (Å²) in [6.07, 6.45) is 4.97. The van der Waals surface area contributed by atoms with Gasteiger partial charge in [-0.05, 0) is 55.5 Å². The highest BCUT2D eigenvalue weighted by atomic mass is 32.2. The van der Waals surface area contributed by atoms with Crippen LogP contribution < -0.4 is 10.1 Å². The van der Waals surface area contributed by atoms with E-state index in [1.807, 2.05) is 24.3 Å². The molecule has 0 radical (unpaired) electrons. The largest absolute Gasteiger partial charge is 0.491 e. The van der Waals surface area contributed by atoms with Gasteiger partial charge in [-0.1, -0.05) is 18.6 Å². The van der Waals surface area contributed by atoms with Crippen molar-refractivity contribution in [1.82, 2.24) is 9.62 Å². The van der Waals surface area contributed by atoms with Crippen molar-refractivity contribution in [2.24, 2.45) is 0 Å². The van der Waals surface area contributed by atoms with Crippen LogP contribution in [0.1, 0.15) is 48.2 Å². The van der Waals surface area contributed by atoms with E-state index in [4.69, 9.17) is 13.9 Å². The topological polar surface area (TPSA) is 98.1 Å². The molecule has 168 valence electrons. The van der Waals surface area contributed by atoms with Crippen LogP contribution in [-0.4, -0.2) is 51.0 Å². The molecule has 1 amide bonds. The zero-order valence-electron chi connectivity index (χ0n) is 17.4. The molecule has 1 aromatic heterocycles. The lowest BCUT2D eigenvalue weighted by Gasteiger charge is -2.24. The summed E-state index contributed by atoms with van der Waals surface area (Å²) in [7, 11) is -3.69. The van der Waals surface area contributed by atoms with E-state index in [1.165, 1.54) is 16.4 Å². The first-order valence-corrected chi connectivity index (χ1v) is 12.2. The standard InChI is InChI=1S/C22H28N2O6S/c25-22(20-10-11-21(30-20)31(26,27)24-12-2-1-3-13-24)23-15-17-6-8-18(9-7-17)29-16-19-5-4-14-28-19/h6-11,19H,1-5,12-16H2,(H,23,25)/t19-/m0/s1. The molecule has 2 aliphatic rings. The van der Waals surface area contributed by atoms with Crippen LogP contribution in [0.4, 0.5) is 0 Å². The zero-order chi connectivity index (χ0) is 21.7. The Balaban J connectivity index is 1.28. The van der Waals surface area contributed by atoms with E-state index in [1.54, 1.807) is 0 Å². The molecule has 2 aromatic rings. The summed E-state index contributed by atoms with van der Waals surface area (Å²) in [4.78, 5) is 12.4. The lowest BCUT2D eigenvalue weighted by Crippen LogP contribution is -2.35. The molecule has 0 spiro atoms. The molecule has 9 heteroatoms. The van der Waals surface area contributed by atoms with Gasteiger partial charge in [0.15, 0.2) is 5.76 Å². The third-order valence-electron chi connectivity index (χ3n) is 5.55. The second kappa shape index (κ2) is 9.84. The molecule has 2 fully saturated rings. The summed E-state index contributed by atoms with van der Waals surface area (Å²) in [5.41, 5.74) is 0.894. The molecule has 0 unspecified atom stereocenters. The number of nitrogens with one attached hydrogen (secondary N) is 1. The van der Waals surface area contributed by atoms with Crippen molar-refractivity contribution in [3.8, 4) is 5.75 Å². The fourth-order valence-electron chi connectivity index (χ4n) is 3.75. The van der Waals surface area contributed by atoms with Crippen molar-refractivity contribution in [3.63, 3.8) is 0 Å². The molecule has 0 saturated carbocycles. The van der Waals surface area contributed by atoms with Gasteiger partial charge in [-0.15, -0.1) is 0 Å². The van der Waals surface area contributed by atoms with Crippen molar-refractivity contribution in [2.75, 3.05) is 26.3 Å². The summed E-state index contributed by atoms with van der Waals surface area (Å²) in [5.74, 6) is 0.273. The molecule has 0 aliphatic carbocycles. The van der Waals surface area contributed by atoms with E-state index in [0.717, 1.165) is 50.0 Å². The number of rotatable bonds is 8. The maximum Gasteiger partial charge on any atom is 0.287 e. The number of hydrogen-bond donors (Lipinski definition) is 1. The van der Waals surface area contributed by atoms with Crippen molar-refractivity contribution < 1.29 is 27.1 Å². The van der Waals surface area contributed by atoms with Crippen molar-refractivity contribution in [1.29, 1.82) is 0 Å². The van der Waals surface area contributed by atoms with E-state index in [-0.39, 0.29) is 17.0 Å². The molecule has 1 aromatic carbocycles. The summed E-state index contributed by atoms with van der Waals surface area (Å²) in [6.45, 7) is 2.60. The predicted octanol–water partition coefficient (Wildman–Crippen LogP) is 2.94. The molecular weight excluding hydrogens is 420 g/mol. The number of furan rings is 1. The van der Waals surface area contributed by atoms with Crippen molar-refractivity contribution in [2.45, 2.75) is 49.8 Å². The number of carbonyl (C=O) groups is 1. The van der Waals surface area contributed by atoms with Crippen molar-refractivity contribution >= 4 is 15.9 Å². The third-order valence-corrected chi connectivity index (χ3v) is 7.32. The number of sulfonamides is 1. The number of carbonyl (C=O) groups excluding carboxylic acids is 1. The van der Waals surface area contributed by atoms with Crippen LogP contribution in [0.15, 0.2) is 45.9 Å². The van der Waals surface area contributed by atoms with Gasteiger partial charge in [0.2, 0.25) is 5.09 Å². The van der Waals surface area contributed by atoms with Gasteiger partial charge in [0.05, 0.1) is 6.10 Å². The minimum absolute atomic E-state index is 0.0212. The predicted molar refractivity (Wildman–Crippen MR) is 113 cm³/mol. The van der Waals surface area contributed by atoms with Crippen LogP contribution in [0.25, 0.3) is 0 Å². The molecule has 4 rings (SSSR count). The Morgan fingerprint density at radius 2 is 1.84 bits per heavy atom. The van der Waals surface area contributed by atoms with Crippen LogP contribution >= 0.6 is 0 Å². The lowest BCUT2D eigenvalue weighted by molar-refractivity contribution is 0.0679. The summed E-state index contributed by atoms with van der Waals surface area (Å²) in [6, 6.07) is 10.2. The van der Waals surface area contributed by atoms with E-state index >= 15 is 0 Å². The Morgan fingerprint density at radius 1 is 1.06 bits per heavy atom. The second-order valence-corrected chi connectivity index (χ2v) is 9.72. The number of hydrogen-bond acceptors (Lipinski definition) is 6. The van der Waals surface area contributed by atoms with E-state index in [0.29, 0.717) is 26.2 Å². The first-order valence-electron chi connectivity index (χ1n) is 10.7. The molecule has 0 bridgehead atoms. The van der Waals surface area contributed by atoms with Gasteiger partial charge in [0, 0.05) is 26.2 Å². The van der Waals surface area contributed by atoms with Gasteiger partial charge in [0.25, 0.3) is 15.9 Å². The summed E-state index contributed by atoms with van der Waals surface area (Å²) < 4.78 is 43.4. The van der Waals surface area contributed by atoms with Gasteiger partial charge in [-0.2, -0.15) is 4.31 Å². The van der Waals surface area contributed by atoms with Crippen LogP contribution in [0.5, 0.6) is 5.75 Å². The smallest absolute Gasteiger partial charge is 0.287 e. The Bertz CT molecular complexity index is 974. The SMILES string of the molecule is O=C(NCc1ccc(OC[C@@H]2CCCO2)cc1)c1ccc(S(=O)(=O)N2CCCCC2)o1. The van der Waals surface area contributed by atoms with E-state index in [9.17, 15) is 13.2 Å². The monoisotopic (exact) mass is 448 g/mol. The fraction of sp³-hybridized carbons (Fsp3) is 0.500. The number of ether oxygens (including phenoxy) is 2. The number of nitrogens with zero attached hydrogens (tertiary/aromatic N) is 1. The molecule has 1 N–H and O–H groups in total. The highest BCUT2D eigenvalue weighted by Gasteiger charge is 2.29. The quantitative estimate of drug-likeness (QED) is 0.667. The van der Waals surface area contributed by atoms with Gasteiger partial charge in [-0.25, -0.2) is 8.42 Å². The normalized spacial score (nSPS) is 19.9. The minimum atomic E-state index is -3.69. The second-order valence-electron chi connectivity index (χ2n) is 7.86. The van der Waals surface area contributed by atoms with Crippen molar-refractivity contribution in [3.05, 3.63) is 47.7 Å². The minimum Gasteiger partial charge on any atom is -0.491 e. The fourth-order valence-corrected chi connectivity index (χ4v) is 5.18. The van der Waals surface area contributed by atoms with Crippen LogP contribution in [0, 0.1) is 0 Å². The summed E-state index contributed by atoms with van der Waals surface area (Å²) >= 11 is 0. The Labute approximate surface area is 182 Å². The van der Waals surface area contributed by atoms with Gasteiger partial charge in [-0.3, -0.25) is 4.79 Å². The average molecular weight is 449 g/mol. The zero-order valence-corrected chi connectivity index (χ0v) is 18.2. The van der Waals surface area contributed by atoms with Gasteiger partial charge >= 0.3 is 0 Å². The van der Waals surface area contributed by atoms with Crippen LogP contribution in [0.3, 0.4) is 0 Å². The van der Waals surface area contributed by atoms with Crippen LogP contribution in [-0.2, 0) is 21.3 Å². The maximum absolute atomic E-state index is 12.7. The molecule has 1 atom stereocenters. The highest BCUT2D eigenvalue weighted by molar-refractivity contribution is 7.89. The van der Waals surface area contributed by atoms with E-state index < -0.39 is 15.9 Å². The molecule has 2 saturated heterocycles. The average Bonchev–Trinajstić information content (AvgIpc) is 3.50. The van der Waals surface area contributed by atoms with E-state index in [2.05, 4.69) is 5.32 Å². The number of piperidine rings is 1. The summed E-state index contributed by atoms with van der Waals surface area (Å²) in [5, 5.41) is 2.57. The highest BCUT2D eigenvalue weighted by Crippen LogP contribution is 2.22. The molecule has 31 heavy (non-hydrogen) atoms. The third kappa shape index (κ3) is 5.47. The molecule has 8 nitrogen and oxygen atoms in total. The maximum atomic E-state index is 12.7. The lowest BCUT2D eigenvalue weighted by atomic mass is 10.2. The Kier molecular flexibility index (Phi) is 6.94. The van der Waals surface area contributed by atoms with Gasteiger partial charge < -0.3 is 19.2 Å². The molecule has 2 aliphatic heterocycles. The first-order chi connectivity index (χ1) is 15.0. The van der Waals surface area contributed by atoms with Gasteiger partial charge in [0.1, 0.15) is 12.4 Å².